The van der Waals surface area contributed by atoms with Crippen molar-refractivity contribution in [3.05, 3.63) is 79.1 Å². The van der Waals surface area contributed by atoms with Crippen LogP contribution in [0.2, 0.25) is 0 Å². The van der Waals surface area contributed by atoms with Gasteiger partial charge in [-0.2, -0.15) is 4.57 Å². The lowest BCUT2D eigenvalue weighted by Crippen LogP contribution is -2.44. The van der Waals surface area contributed by atoms with Gasteiger partial charge < -0.3 is 15.0 Å². The van der Waals surface area contributed by atoms with Gasteiger partial charge in [0.1, 0.15) is 11.5 Å². The van der Waals surface area contributed by atoms with E-state index in [1.165, 1.54) is 0 Å². The molecule has 0 aliphatic rings. The maximum absolute atomic E-state index is 12.5. The van der Waals surface area contributed by atoms with Crippen LogP contribution in [0.1, 0.15) is 13.0 Å². The number of nitrogens with one attached hydrogen (secondary N) is 1. The zero-order valence-corrected chi connectivity index (χ0v) is 15.8. The molecule has 0 aliphatic heterocycles. The summed E-state index contributed by atoms with van der Waals surface area (Å²) < 4.78 is 7.65. The Kier molecular flexibility index (Phi) is 5.71. The highest BCUT2D eigenvalue weighted by Gasteiger charge is 2.22. The van der Waals surface area contributed by atoms with Crippen LogP contribution in [-0.4, -0.2) is 20.0 Å². The number of nitrogens with zero attached hydrogens (tertiary/aromatic N) is 2. The van der Waals surface area contributed by atoms with Gasteiger partial charge in [-0.25, -0.2) is 0 Å². The summed E-state index contributed by atoms with van der Waals surface area (Å²) in [6.07, 6.45) is 3.83. The van der Waals surface area contributed by atoms with Crippen LogP contribution in [0.25, 0.3) is 0 Å². The highest BCUT2D eigenvalue weighted by Crippen LogP contribution is 2.22. The molecule has 3 rings (SSSR count). The minimum absolute atomic E-state index is 0.0747. The maximum atomic E-state index is 12.5. The van der Waals surface area contributed by atoms with Crippen molar-refractivity contribution < 1.29 is 14.1 Å². The smallest absolute Gasteiger partial charge is 0.293 e. The van der Waals surface area contributed by atoms with Crippen molar-refractivity contribution in [1.82, 2.24) is 0 Å². The monoisotopic (exact) mass is 362 g/mol. The van der Waals surface area contributed by atoms with E-state index < -0.39 is 0 Å². The Bertz CT molecular complexity index is 876. The van der Waals surface area contributed by atoms with Crippen molar-refractivity contribution in [2.75, 3.05) is 24.3 Å². The number of carbonyl (C=O) groups excluding carboxylic acids is 1. The van der Waals surface area contributed by atoms with Crippen LogP contribution >= 0.6 is 0 Å². The Morgan fingerprint density at radius 2 is 1.52 bits per heavy atom. The van der Waals surface area contributed by atoms with E-state index in [2.05, 4.69) is 5.32 Å². The van der Waals surface area contributed by atoms with E-state index in [0.29, 0.717) is 0 Å². The molecular weight excluding hydrogens is 338 g/mol. The molecule has 3 aromatic rings. The normalized spacial score (nSPS) is 11.5. The molecule has 0 unspecified atom stereocenters. The molecule has 2 aromatic carbocycles. The summed E-state index contributed by atoms with van der Waals surface area (Å²) >= 11 is 0. The number of ether oxygens (including phenoxy) is 1. The first-order valence-corrected chi connectivity index (χ1v) is 8.85. The van der Waals surface area contributed by atoms with E-state index in [-0.39, 0.29) is 11.9 Å². The third-order valence-corrected chi connectivity index (χ3v) is 4.28. The van der Waals surface area contributed by atoms with Crippen LogP contribution in [0.3, 0.4) is 0 Å². The van der Waals surface area contributed by atoms with E-state index in [9.17, 15) is 4.79 Å². The quantitative estimate of drug-likeness (QED) is 0.674. The van der Waals surface area contributed by atoms with Gasteiger partial charge in [-0.05, 0) is 36.4 Å². The Morgan fingerprint density at radius 3 is 2.11 bits per heavy atom. The number of amides is 1. The number of anilines is 2. The fourth-order valence-corrected chi connectivity index (χ4v) is 2.60. The van der Waals surface area contributed by atoms with Gasteiger partial charge in [0.15, 0.2) is 12.4 Å². The summed E-state index contributed by atoms with van der Waals surface area (Å²) in [5, 5.41) is 2.94. The van der Waals surface area contributed by atoms with Crippen LogP contribution in [0.15, 0.2) is 79.1 Å². The zero-order chi connectivity index (χ0) is 19.2. The minimum Gasteiger partial charge on any atom is -0.457 e. The van der Waals surface area contributed by atoms with Gasteiger partial charge in [-0.15, -0.1) is 0 Å². The van der Waals surface area contributed by atoms with Crippen molar-refractivity contribution in [3.8, 4) is 11.5 Å². The number of carbonyl (C=O) groups is 1. The predicted octanol–water partition coefficient (Wildman–Crippen LogP) is 4.03. The molecule has 0 saturated carbocycles. The van der Waals surface area contributed by atoms with Gasteiger partial charge in [-0.1, -0.05) is 18.2 Å². The van der Waals surface area contributed by atoms with E-state index in [0.717, 1.165) is 22.9 Å². The van der Waals surface area contributed by atoms with Crippen molar-refractivity contribution in [3.63, 3.8) is 0 Å². The predicted molar refractivity (Wildman–Crippen MR) is 107 cm³/mol. The van der Waals surface area contributed by atoms with Gasteiger partial charge in [0.2, 0.25) is 6.04 Å². The highest BCUT2D eigenvalue weighted by molar-refractivity contribution is 5.92. The molecule has 1 atom stereocenters. The second-order valence-electron chi connectivity index (χ2n) is 6.50. The number of pyridine rings is 1. The van der Waals surface area contributed by atoms with Crippen LogP contribution in [-0.2, 0) is 4.79 Å². The van der Waals surface area contributed by atoms with E-state index in [1.54, 1.807) is 0 Å². The molecular formula is C22H24N3O2+. The van der Waals surface area contributed by atoms with Crippen molar-refractivity contribution in [2.45, 2.75) is 13.0 Å². The summed E-state index contributed by atoms with van der Waals surface area (Å²) in [6, 6.07) is 20.6. The summed E-state index contributed by atoms with van der Waals surface area (Å²) in [5.41, 5.74) is 1.82. The number of hydrogen-bond acceptors (Lipinski definition) is 3. The summed E-state index contributed by atoms with van der Waals surface area (Å²) in [6.45, 7) is 1.87. The van der Waals surface area contributed by atoms with Gasteiger partial charge in [0.05, 0.1) is 0 Å². The Labute approximate surface area is 159 Å². The van der Waals surface area contributed by atoms with Gasteiger partial charge in [0, 0.05) is 44.5 Å². The molecule has 0 saturated heterocycles. The largest absolute Gasteiger partial charge is 0.457 e. The molecule has 5 nitrogen and oxygen atoms in total. The molecule has 1 amide bonds. The average Bonchev–Trinajstić information content (AvgIpc) is 2.69. The number of hydrogen-bond donors (Lipinski definition) is 1. The maximum Gasteiger partial charge on any atom is 0.293 e. The summed E-state index contributed by atoms with van der Waals surface area (Å²) in [4.78, 5) is 14.6. The molecule has 0 fully saturated rings. The first-order chi connectivity index (χ1) is 13.0. The summed E-state index contributed by atoms with van der Waals surface area (Å²) in [7, 11) is 3.97. The first-order valence-electron chi connectivity index (χ1n) is 8.85. The number of para-hydroxylation sites is 1. The van der Waals surface area contributed by atoms with Gasteiger partial charge in [0.25, 0.3) is 5.91 Å². The fraction of sp³-hybridized carbons (Fsp3) is 0.182. The fourth-order valence-electron chi connectivity index (χ4n) is 2.60. The van der Waals surface area contributed by atoms with E-state index in [1.807, 2.05) is 110 Å². The first kappa shape index (κ1) is 18.5. The molecule has 1 heterocycles. The number of benzene rings is 2. The lowest BCUT2D eigenvalue weighted by molar-refractivity contribution is -0.705. The van der Waals surface area contributed by atoms with Gasteiger partial charge in [-0.3, -0.25) is 4.79 Å². The molecule has 27 heavy (non-hydrogen) atoms. The molecule has 1 aromatic heterocycles. The van der Waals surface area contributed by atoms with Crippen LogP contribution < -0.4 is 19.5 Å². The number of aromatic nitrogens is 1. The van der Waals surface area contributed by atoms with Crippen molar-refractivity contribution in [1.29, 1.82) is 0 Å². The molecule has 0 spiro atoms. The second-order valence-corrected chi connectivity index (χ2v) is 6.50. The van der Waals surface area contributed by atoms with E-state index in [4.69, 9.17) is 4.74 Å². The SMILES string of the molecule is C[C@@H](C(=O)Nc1ccc(Oc2ccccc2)cc1)[n+]1ccc(N(C)C)cc1. The Balaban J connectivity index is 1.61. The molecule has 0 bridgehead atoms. The zero-order valence-electron chi connectivity index (χ0n) is 15.8. The molecule has 138 valence electrons. The topological polar surface area (TPSA) is 45.5 Å². The average molecular weight is 362 g/mol. The van der Waals surface area contributed by atoms with Crippen LogP contribution in [0.4, 0.5) is 11.4 Å². The molecule has 5 heteroatoms. The van der Waals surface area contributed by atoms with E-state index >= 15 is 0 Å². The van der Waals surface area contributed by atoms with Crippen LogP contribution in [0, 0.1) is 0 Å². The summed E-state index contributed by atoms with van der Waals surface area (Å²) in [5.74, 6) is 1.43. The Morgan fingerprint density at radius 1 is 0.926 bits per heavy atom. The lowest BCUT2D eigenvalue weighted by atomic mass is 10.2. The van der Waals surface area contributed by atoms with Crippen molar-refractivity contribution >= 4 is 17.3 Å². The van der Waals surface area contributed by atoms with Crippen LogP contribution in [0.5, 0.6) is 11.5 Å². The standard InChI is InChI=1S/C22H23N3O2/c1-17(25-15-13-19(14-16-25)24(2)3)22(26)23-18-9-11-21(12-10-18)27-20-7-5-4-6-8-20/h4-17H,1-3H3/p+1/t17-/m0/s1. The highest BCUT2D eigenvalue weighted by atomic mass is 16.5. The van der Waals surface area contributed by atoms with Crippen molar-refractivity contribution in [2.24, 2.45) is 0 Å². The molecule has 0 radical (unpaired) electrons. The third-order valence-electron chi connectivity index (χ3n) is 4.28. The minimum atomic E-state index is -0.318. The lowest BCUT2D eigenvalue weighted by Gasteiger charge is -2.13. The molecule has 0 aliphatic carbocycles. The van der Waals surface area contributed by atoms with Gasteiger partial charge >= 0.3 is 0 Å². The second kappa shape index (κ2) is 8.36. The number of rotatable bonds is 6. The molecule has 1 N–H and O–H groups in total. The third kappa shape index (κ3) is 4.85. The Hall–Kier alpha value is -3.34.